The van der Waals surface area contributed by atoms with Crippen LogP contribution in [0.2, 0.25) is 5.02 Å². The quantitative estimate of drug-likeness (QED) is 0.819. The monoisotopic (exact) mass is 302 g/mol. The van der Waals surface area contributed by atoms with Gasteiger partial charge in [-0.05, 0) is 37.3 Å². The number of benzene rings is 1. The molecule has 0 amide bonds. The van der Waals surface area contributed by atoms with E-state index in [1.807, 2.05) is 0 Å². The van der Waals surface area contributed by atoms with E-state index in [-0.39, 0.29) is 28.6 Å². The van der Waals surface area contributed by atoms with Crippen LogP contribution in [0.15, 0.2) is 34.7 Å². The molecule has 0 spiro atoms. The maximum Gasteiger partial charge on any atom is 0.417 e. The zero-order valence-corrected chi connectivity index (χ0v) is 11.2. The van der Waals surface area contributed by atoms with Crippen LogP contribution in [0.5, 0.6) is 0 Å². The van der Waals surface area contributed by atoms with Gasteiger partial charge in [0.15, 0.2) is 0 Å². The number of rotatable bonds is 3. The van der Waals surface area contributed by atoms with Crippen molar-refractivity contribution in [3.8, 4) is 11.3 Å². The van der Waals surface area contributed by atoms with Crippen molar-refractivity contribution in [1.29, 1.82) is 0 Å². The van der Waals surface area contributed by atoms with Crippen LogP contribution >= 0.6 is 11.6 Å². The highest BCUT2D eigenvalue weighted by Crippen LogP contribution is 2.39. The third-order valence-corrected chi connectivity index (χ3v) is 2.87. The number of carbonyl (C=O) groups is 1. The molecule has 0 unspecified atom stereocenters. The predicted molar refractivity (Wildman–Crippen MR) is 68.5 cm³/mol. The van der Waals surface area contributed by atoms with E-state index in [2.05, 4.69) is 0 Å². The second-order valence-corrected chi connectivity index (χ2v) is 4.77. The maximum atomic E-state index is 13.0. The summed E-state index contributed by atoms with van der Waals surface area (Å²) in [6.45, 7) is 1.38. The largest absolute Gasteiger partial charge is 0.461 e. The second-order valence-electron chi connectivity index (χ2n) is 4.33. The lowest BCUT2D eigenvalue weighted by atomic mass is 10.1. The molecule has 1 heterocycles. The zero-order chi connectivity index (χ0) is 14.9. The molecule has 0 saturated carbocycles. The molecule has 2 rings (SSSR count). The first kappa shape index (κ1) is 14.7. The second kappa shape index (κ2) is 5.32. The Bertz CT molecular complexity index is 644. The minimum atomic E-state index is -4.53. The molecule has 1 aromatic heterocycles. The van der Waals surface area contributed by atoms with Gasteiger partial charge >= 0.3 is 6.18 Å². The molecule has 0 aliphatic carbocycles. The Morgan fingerprint density at radius 3 is 2.55 bits per heavy atom. The Morgan fingerprint density at radius 2 is 1.95 bits per heavy atom. The summed E-state index contributed by atoms with van der Waals surface area (Å²) in [6, 6.07) is 6.37. The molecule has 106 valence electrons. The van der Waals surface area contributed by atoms with Crippen molar-refractivity contribution in [3.05, 3.63) is 46.7 Å². The number of ketones is 1. The number of alkyl halides is 3. The minimum absolute atomic E-state index is 0.00316. The Morgan fingerprint density at radius 1 is 1.25 bits per heavy atom. The van der Waals surface area contributed by atoms with E-state index < -0.39 is 11.7 Å². The summed E-state index contributed by atoms with van der Waals surface area (Å²) < 4.78 is 44.2. The molecule has 2 nitrogen and oxygen atoms in total. The van der Waals surface area contributed by atoms with Gasteiger partial charge in [0.05, 0.1) is 12.0 Å². The van der Waals surface area contributed by atoms with Crippen molar-refractivity contribution in [3.63, 3.8) is 0 Å². The third kappa shape index (κ3) is 3.22. The first-order chi connectivity index (χ1) is 9.27. The average Bonchev–Trinajstić information content (AvgIpc) is 2.75. The summed E-state index contributed by atoms with van der Waals surface area (Å²) in [4.78, 5) is 11.0. The van der Waals surface area contributed by atoms with E-state index in [0.29, 0.717) is 5.76 Å². The molecule has 0 fully saturated rings. The van der Waals surface area contributed by atoms with Gasteiger partial charge in [0.25, 0.3) is 0 Å². The Hall–Kier alpha value is -1.75. The van der Waals surface area contributed by atoms with Gasteiger partial charge in [-0.15, -0.1) is 0 Å². The van der Waals surface area contributed by atoms with Crippen LogP contribution in [0.25, 0.3) is 11.3 Å². The fraction of sp³-hybridized carbons (Fsp3) is 0.214. The summed E-state index contributed by atoms with van der Waals surface area (Å²) in [5, 5.41) is -0.00316. The molecule has 1 aromatic carbocycles. The van der Waals surface area contributed by atoms with Crippen LogP contribution in [0.3, 0.4) is 0 Å². The van der Waals surface area contributed by atoms with Crippen molar-refractivity contribution in [1.82, 2.24) is 0 Å². The molecule has 20 heavy (non-hydrogen) atoms. The highest BCUT2D eigenvalue weighted by atomic mass is 35.5. The molecule has 0 bridgehead atoms. The van der Waals surface area contributed by atoms with Gasteiger partial charge in [-0.25, -0.2) is 0 Å². The fourth-order valence-corrected chi connectivity index (χ4v) is 2.00. The van der Waals surface area contributed by atoms with Crippen molar-refractivity contribution in [2.24, 2.45) is 0 Å². The maximum absolute atomic E-state index is 13.0. The van der Waals surface area contributed by atoms with E-state index in [9.17, 15) is 18.0 Å². The van der Waals surface area contributed by atoms with Crippen LogP contribution < -0.4 is 0 Å². The summed E-state index contributed by atoms with van der Waals surface area (Å²) >= 11 is 5.61. The van der Waals surface area contributed by atoms with Crippen LogP contribution in [-0.4, -0.2) is 5.78 Å². The third-order valence-electron chi connectivity index (χ3n) is 2.64. The van der Waals surface area contributed by atoms with Crippen molar-refractivity contribution in [2.45, 2.75) is 19.5 Å². The Balaban J connectivity index is 2.47. The number of hydrogen-bond acceptors (Lipinski definition) is 2. The van der Waals surface area contributed by atoms with Gasteiger partial charge in [0.2, 0.25) is 0 Å². The molecule has 2 aromatic rings. The van der Waals surface area contributed by atoms with Crippen LogP contribution in [0, 0.1) is 0 Å². The smallest absolute Gasteiger partial charge is 0.417 e. The molecule has 0 aliphatic rings. The average molecular weight is 303 g/mol. The van der Waals surface area contributed by atoms with Gasteiger partial charge in [-0.2, -0.15) is 13.2 Å². The molecule has 0 N–H and O–H groups in total. The van der Waals surface area contributed by atoms with Crippen molar-refractivity contribution < 1.29 is 22.4 Å². The molecule has 6 heteroatoms. The number of halogens is 4. The summed E-state index contributed by atoms with van der Waals surface area (Å²) in [7, 11) is 0. The summed E-state index contributed by atoms with van der Waals surface area (Å²) in [5.41, 5.74) is -0.967. The summed E-state index contributed by atoms with van der Waals surface area (Å²) in [6.07, 6.45) is -4.48. The first-order valence-electron chi connectivity index (χ1n) is 5.72. The topological polar surface area (TPSA) is 30.2 Å². The van der Waals surface area contributed by atoms with E-state index in [1.54, 1.807) is 0 Å². The van der Waals surface area contributed by atoms with Crippen LogP contribution in [0.1, 0.15) is 18.2 Å². The predicted octanol–water partition coefficient (Wildman–Crippen LogP) is 4.75. The SMILES string of the molecule is CC(=O)Cc1ccc(-c2ccc(Cl)cc2C(F)(F)F)o1. The number of furan rings is 1. The van der Waals surface area contributed by atoms with Crippen LogP contribution in [-0.2, 0) is 17.4 Å². The van der Waals surface area contributed by atoms with Crippen molar-refractivity contribution >= 4 is 17.4 Å². The van der Waals surface area contributed by atoms with Crippen molar-refractivity contribution in [2.75, 3.05) is 0 Å². The highest BCUT2D eigenvalue weighted by molar-refractivity contribution is 6.30. The lowest BCUT2D eigenvalue weighted by Gasteiger charge is -2.11. The van der Waals surface area contributed by atoms with E-state index in [4.69, 9.17) is 16.0 Å². The molecular weight excluding hydrogens is 293 g/mol. The molecule has 0 saturated heterocycles. The number of Topliss-reactive ketones (excluding diaryl/α,β-unsaturated/α-hetero) is 1. The van der Waals surface area contributed by atoms with E-state index >= 15 is 0 Å². The van der Waals surface area contributed by atoms with Gasteiger partial charge in [-0.3, -0.25) is 4.79 Å². The molecular formula is C14H10ClF3O2. The standard InChI is InChI=1S/C14H10ClF3O2/c1-8(19)6-10-3-5-13(20-10)11-4-2-9(15)7-12(11)14(16,17)18/h2-5,7H,6H2,1H3. The highest BCUT2D eigenvalue weighted by Gasteiger charge is 2.34. The summed E-state index contributed by atoms with van der Waals surface area (Å²) in [5.74, 6) is 0.263. The van der Waals surface area contributed by atoms with E-state index in [0.717, 1.165) is 6.07 Å². The lowest BCUT2D eigenvalue weighted by molar-refractivity contribution is -0.137. The minimum Gasteiger partial charge on any atom is -0.461 e. The normalized spacial score (nSPS) is 11.7. The lowest BCUT2D eigenvalue weighted by Crippen LogP contribution is -2.06. The fourth-order valence-electron chi connectivity index (χ4n) is 1.83. The molecule has 0 radical (unpaired) electrons. The number of carbonyl (C=O) groups excluding carboxylic acids is 1. The zero-order valence-electron chi connectivity index (χ0n) is 10.4. The van der Waals surface area contributed by atoms with Gasteiger partial charge in [0, 0.05) is 10.6 Å². The first-order valence-corrected chi connectivity index (χ1v) is 6.10. The molecule has 0 atom stereocenters. The van der Waals surface area contributed by atoms with Crippen LogP contribution in [0.4, 0.5) is 13.2 Å². The van der Waals surface area contributed by atoms with E-state index in [1.165, 1.54) is 31.2 Å². The molecule has 0 aliphatic heterocycles. The Labute approximate surface area is 118 Å². The van der Waals surface area contributed by atoms with Gasteiger partial charge in [0.1, 0.15) is 17.3 Å². The Kier molecular flexibility index (Phi) is 3.90. The number of hydrogen-bond donors (Lipinski definition) is 0. The van der Waals surface area contributed by atoms with Gasteiger partial charge in [-0.1, -0.05) is 11.6 Å². The van der Waals surface area contributed by atoms with Gasteiger partial charge < -0.3 is 4.42 Å².